The third kappa shape index (κ3) is 1.96. The largest absolute Gasteiger partial charge is 0.481 e. The molecule has 0 aromatic carbocycles. The van der Waals surface area contributed by atoms with Crippen molar-refractivity contribution in [2.24, 2.45) is 23.7 Å². The molecule has 82 valence electrons. The van der Waals surface area contributed by atoms with Gasteiger partial charge in [-0.3, -0.25) is 4.79 Å². The lowest BCUT2D eigenvalue weighted by molar-refractivity contribution is -0.145. The van der Waals surface area contributed by atoms with Crippen LogP contribution in [0.25, 0.3) is 0 Å². The molecule has 0 aromatic heterocycles. The highest BCUT2D eigenvalue weighted by atomic mass is 16.4. The maximum Gasteiger partial charge on any atom is 0.307 e. The third-order valence-corrected chi connectivity index (χ3v) is 3.84. The van der Waals surface area contributed by atoms with Gasteiger partial charge in [-0.1, -0.05) is 12.2 Å². The second kappa shape index (κ2) is 4.17. The van der Waals surface area contributed by atoms with Gasteiger partial charge in [0.05, 0.1) is 5.92 Å². The van der Waals surface area contributed by atoms with Crippen molar-refractivity contribution < 1.29 is 9.90 Å². The lowest BCUT2D eigenvalue weighted by Crippen LogP contribution is -2.36. The molecular weight excluding hydrogens is 190 g/mol. The standard InChI is InChI=1S/C12H17NO2/c13-7-10-5-8-3-1-2-4-9(8)6-11(10)12(14)15/h1,3,7-11,13H,2,4-6H2,(H,14,15). The minimum atomic E-state index is -0.725. The Kier molecular flexibility index (Phi) is 2.89. The van der Waals surface area contributed by atoms with E-state index >= 15 is 0 Å². The minimum Gasteiger partial charge on any atom is -0.481 e. The lowest BCUT2D eigenvalue weighted by Gasteiger charge is -2.38. The summed E-state index contributed by atoms with van der Waals surface area (Å²) in [6.07, 6.45) is 9.56. The van der Waals surface area contributed by atoms with Crippen LogP contribution in [0, 0.1) is 29.1 Å². The molecule has 1 saturated carbocycles. The van der Waals surface area contributed by atoms with E-state index in [2.05, 4.69) is 12.2 Å². The Morgan fingerprint density at radius 2 is 2.27 bits per heavy atom. The third-order valence-electron chi connectivity index (χ3n) is 3.84. The van der Waals surface area contributed by atoms with Gasteiger partial charge < -0.3 is 10.5 Å². The Morgan fingerprint density at radius 3 is 2.93 bits per heavy atom. The zero-order valence-electron chi connectivity index (χ0n) is 8.73. The average Bonchev–Trinajstić information content (AvgIpc) is 2.27. The van der Waals surface area contributed by atoms with Crippen LogP contribution in [0.4, 0.5) is 0 Å². The van der Waals surface area contributed by atoms with Crippen LogP contribution in [0.2, 0.25) is 0 Å². The monoisotopic (exact) mass is 207 g/mol. The smallest absolute Gasteiger partial charge is 0.307 e. The van der Waals surface area contributed by atoms with E-state index in [4.69, 9.17) is 10.5 Å². The zero-order valence-corrected chi connectivity index (χ0v) is 8.73. The van der Waals surface area contributed by atoms with Gasteiger partial charge in [0.1, 0.15) is 0 Å². The van der Waals surface area contributed by atoms with Crippen molar-refractivity contribution in [3.8, 4) is 0 Å². The maximum atomic E-state index is 11.1. The summed E-state index contributed by atoms with van der Waals surface area (Å²) in [5.41, 5.74) is 0. The van der Waals surface area contributed by atoms with Crippen molar-refractivity contribution in [1.29, 1.82) is 5.41 Å². The summed E-state index contributed by atoms with van der Waals surface area (Å²) in [6.45, 7) is 0. The molecule has 15 heavy (non-hydrogen) atoms. The highest BCUT2D eigenvalue weighted by molar-refractivity contribution is 5.75. The zero-order chi connectivity index (χ0) is 10.8. The van der Waals surface area contributed by atoms with E-state index in [-0.39, 0.29) is 11.8 Å². The predicted molar refractivity (Wildman–Crippen MR) is 58.0 cm³/mol. The lowest BCUT2D eigenvalue weighted by atomic mass is 9.65. The van der Waals surface area contributed by atoms with Crippen LogP contribution in [-0.4, -0.2) is 17.3 Å². The first-order chi connectivity index (χ1) is 7.22. The molecule has 0 amide bonds. The Balaban J connectivity index is 2.14. The SMILES string of the molecule is N=CC1CC2C=CCCC2CC1C(=O)O. The number of fused-ring (bicyclic) bond motifs is 1. The first-order valence-corrected chi connectivity index (χ1v) is 5.62. The number of hydrogen-bond donors (Lipinski definition) is 2. The first-order valence-electron chi connectivity index (χ1n) is 5.62. The van der Waals surface area contributed by atoms with Crippen LogP contribution in [0.15, 0.2) is 12.2 Å². The molecule has 0 bridgehead atoms. The first kappa shape index (κ1) is 10.4. The van der Waals surface area contributed by atoms with Crippen molar-refractivity contribution in [2.75, 3.05) is 0 Å². The highest BCUT2D eigenvalue weighted by Crippen LogP contribution is 2.42. The fraction of sp³-hybridized carbons (Fsp3) is 0.667. The Morgan fingerprint density at radius 1 is 1.47 bits per heavy atom. The van der Waals surface area contributed by atoms with Gasteiger partial charge in [0.25, 0.3) is 0 Å². The number of allylic oxidation sites excluding steroid dienone is 2. The normalized spacial score (nSPS) is 39.5. The predicted octanol–water partition coefficient (Wildman–Crippen LogP) is 2.33. The summed E-state index contributed by atoms with van der Waals surface area (Å²) in [5.74, 6) is -0.0634. The molecular formula is C12H17NO2. The minimum absolute atomic E-state index is 0.0634. The number of nitrogens with one attached hydrogen (secondary N) is 1. The molecule has 0 saturated heterocycles. The molecule has 2 aliphatic rings. The number of rotatable bonds is 2. The number of carboxylic acids is 1. The van der Waals surface area contributed by atoms with E-state index in [1.54, 1.807) is 0 Å². The van der Waals surface area contributed by atoms with Crippen molar-refractivity contribution >= 4 is 12.2 Å². The summed E-state index contributed by atoms with van der Waals surface area (Å²) in [4.78, 5) is 11.1. The molecule has 0 aromatic rings. The van der Waals surface area contributed by atoms with E-state index in [9.17, 15) is 4.79 Å². The molecule has 0 spiro atoms. The van der Waals surface area contributed by atoms with Gasteiger partial charge in [-0.05, 0) is 43.7 Å². The molecule has 2 N–H and O–H groups in total. The highest BCUT2D eigenvalue weighted by Gasteiger charge is 2.39. The number of carboxylic acid groups (broad SMARTS) is 1. The van der Waals surface area contributed by atoms with Gasteiger partial charge in [-0.25, -0.2) is 0 Å². The van der Waals surface area contributed by atoms with E-state index in [1.165, 1.54) is 6.21 Å². The van der Waals surface area contributed by atoms with Crippen LogP contribution < -0.4 is 0 Å². The van der Waals surface area contributed by atoms with Crippen LogP contribution in [0.5, 0.6) is 0 Å². The van der Waals surface area contributed by atoms with Crippen molar-refractivity contribution in [2.45, 2.75) is 25.7 Å². The average molecular weight is 207 g/mol. The van der Waals surface area contributed by atoms with E-state index < -0.39 is 5.97 Å². The number of carbonyl (C=O) groups is 1. The van der Waals surface area contributed by atoms with E-state index in [0.29, 0.717) is 11.8 Å². The molecule has 0 heterocycles. The Bertz CT molecular complexity index is 298. The fourth-order valence-corrected chi connectivity index (χ4v) is 2.96. The van der Waals surface area contributed by atoms with Crippen LogP contribution in [0.1, 0.15) is 25.7 Å². The molecule has 3 nitrogen and oxygen atoms in total. The summed E-state index contributed by atoms with van der Waals surface area (Å²) in [7, 11) is 0. The second-order valence-electron chi connectivity index (χ2n) is 4.68. The van der Waals surface area contributed by atoms with Gasteiger partial charge in [-0.15, -0.1) is 0 Å². The van der Waals surface area contributed by atoms with Crippen LogP contribution in [-0.2, 0) is 4.79 Å². The second-order valence-corrected chi connectivity index (χ2v) is 4.68. The van der Waals surface area contributed by atoms with Gasteiger partial charge in [0.15, 0.2) is 0 Å². The van der Waals surface area contributed by atoms with Crippen molar-refractivity contribution in [3.05, 3.63) is 12.2 Å². The molecule has 0 radical (unpaired) electrons. The molecule has 4 atom stereocenters. The molecule has 0 aliphatic heterocycles. The molecule has 1 fully saturated rings. The van der Waals surface area contributed by atoms with Crippen LogP contribution in [0.3, 0.4) is 0 Å². The van der Waals surface area contributed by atoms with E-state index in [1.807, 2.05) is 0 Å². The molecule has 4 unspecified atom stereocenters. The van der Waals surface area contributed by atoms with Crippen LogP contribution >= 0.6 is 0 Å². The topological polar surface area (TPSA) is 61.2 Å². The Hall–Kier alpha value is -1.12. The summed E-state index contributed by atoms with van der Waals surface area (Å²) in [6, 6.07) is 0. The van der Waals surface area contributed by atoms with Crippen molar-refractivity contribution in [3.63, 3.8) is 0 Å². The number of aliphatic carboxylic acids is 1. The van der Waals surface area contributed by atoms with Gasteiger partial charge in [0, 0.05) is 5.92 Å². The van der Waals surface area contributed by atoms with Crippen molar-refractivity contribution in [1.82, 2.24) is 0 Å². The maximum absolute atomic E-state index is 11.1. The molecule has 2 aliphatic carbocycles. The van der Waals surface area contributed by atoms with Gasteiger partial charge >= 0.3 is 5.97 Å². The number of hydrogen-bond acceptors (Lipinski definition) is 2. The molecule has 3 heteroatoms. The Labute approximate surface area is 89.7 Å². The van der Waals surface area contributed by atoms with E-state index in [0.717, 1.165) is 25.7 Å². The quantitative estimate of drug-likeness (QED) is 0.539. The van der Waals surface area contributed by atoms with Gasteiger partial charge in [0.2, 0.25) is 0 Å². The van der Waals surface area contributed by atoms with Gasteiger partial charge in [-0.2, -0.15) is 0 Å². The molecule has 2 rings (SSSR count). The summed E-state index contributed by atoms with van der Waals surface area (Å²) >= 11 is 0. The summed E-state index contributed by atoms with van der Waals surface area (Å²) < 4.78 is 0. The summed E-state index contributed by atoms with van der Waals surface area (Å²) in [5, 5.41) is 16.4. The fourth-order valence-electron chi connectivity index (χ4n) is 2.96.